The van der Waals surface area contributed by atoms with Gasteiger partial charge < -0.3 is 61.1 Å². The van der Waals surface area contributed by atoms with E-state index in [1.165, 1.54) is 0 Å². The van der Waals surface area contributed by atoms with Gasteiger partial charge in [0.25, 0.3) is 0 Å². The van der Waals surface area contributed by atoms with Crippen LogP contribution in [0.2, 0.25) is 0 Å². The van der Waals surface area contributed by atoms with Gasteiger partial charge in [-0.1, -0.05) is 55.5 Å². The van der Waals surface area contributed by atoms with E-state index in [2.05, 4.69) is 0 Å². The largest absolute Gasteiger partial charge is 0.462 e. The van der Waals surface area contributed by atoms with Crippen LogP contribution in [-0.2, 0) is 33.3 Å². The van der Waals surface area contributed by atoms with E-state index >= 15 is 0 Å². The van der Waals surface area contributed by atoms with Crippen LogP contribution in [0.4, 0.5) is 0 Å². The van der Waals surface area contributed by atoms with Gasteiger partial charge in [0, 0.05) is 38.5 Å². The summed E-state index contributed by atoms with van der Waals surface area (Å²) in [4.78, 5) is 38.0. The first-order valence-electron chi connectivity index (χ1n) is 18.1. The smallest absolute Gasteiger partial charge is 0.311 e. The molecule has 14 atom stereocenters. The molecule has 2 fully saturated rings. The highest BCUT2D eigenvalue weighted by Crippen LogP contribution is 2.38. The number of amides is 1. The number of Topliss-reactive ketones (excluding diaryl/α,β-unsaturated/α-hetero) is 1. The van der Waals surface area contributed by atoms with E-state index in [9.17, 15) is 45.0 Å². The molecule has 3 rings (SSSR count). The second-order valence-corrected chi connectivity index (χ2v) is 14.1. The number of ketones is 1. The normalized spacial score (nSPS) is 43.5. The van der Waals surface area contributed by atoms with Crippen molar-refractivity contribution in [3.63, 3.8) is 0 Å². The molecular formula is C37H58N2O13. The molecule has 0 aliphatic carbocycles. The fourth-order valence-corrected chi connectivity index (χ4v) is 6.77. The van der Waals surface area contributed by atoms with Gasteiger partial charge in [-0.25, -0.2) is 0 Å². The molecule has 0 aromatic carbocycles. The molecule has 294 valence electrons. The predicted octanol–water partition coefficient (Wildman–Crippen LogP) is 0.323. The second-order valence-electron chi connectivity index (χ2n) is 14.1. The average molecular weight is 739 g/mol. The molecule has 10 N–H and O–H groups in total. The number of hydrogen-bond donors (Lipinski definition) is 8. The fraction of sp³-hybridized carbons (Fsp3) is 0.703. The summed E-state index contributed by atoms with van der Waals surface area (Å²) in [6, 6.07) is -1.08. The summed E-state index contributed by atoms with van der Waals surface area (Å²) in [6.07, 6.45) is 2.24. The number of cyclic esters (lactones) is 1. The van der Waals surface area contributed by atoms with Crippen LogP contribution in [0.25, 0.3) is 0 Å². The number of carbonyl (C=O) groups excluding carboxylic acids is 3. The maximum atomic E-state index is 12.8. The lowest BCUT2D eigenvalue weighted by Crippen LogP contribution is -2.61. The van der Waals surface area contributed by atoms with Crippen LogP contribution in [0.5, 0.6) is 0 Å². The van der Waals surface area contributed by atoms with Crippen LogP contribution in [0.1, 0.15) is 78.6 Å². The molecule has 3 heterocycles. The van der Waals surface area contributed by atoms with Crippen molar-refractivity contribution in [1.29, 1.82) is 0 Å². The Balaban J connectivity index is 1.88. The van der Waals surface area contributed by atoms with Crippen LogP contribution < -0.4 is 11.5 Å². The number of aliphatic hydroxyl groups excluding tert-OH is 5. The zero-order valence-corrected chi connectivity index (χ0v) is 30.2. The second kappa shape index (κ2) is 20.6. The van der Waals surface area contributed by atoms with Gasteiger partial charge in [-0.15, -0.1) is 0 Å². The van der Waals surface area contributed by atoms with Crippen molar-refractivity contribution in [3.8, 4) is 0 Å². The molecule has 2 bridgehead atoms. The van der Waals surface area contributed by atoms with Crippen molar-refractivity contribution in [3.05, 3.63) is 48.6 Å². The summed E-state index contributed by atoms with van der Waals surface area (Å²) in [5, 5.41) is 65.0. The lowest BCUT2D eigenvalue weighted by molar-refractivity contribution is -0.306. The molecule has 0 aromatic heterocycles. The number of carbonyl (C=O) groups is 3. The van der Waals surface area contributed by atoms with E-state index in [0.29, 0.717) is 6.42 Å². The monoisotopic (exact) mass is 738 g/mol. The molecule has 0 radical (unpaired) electrons. The van der Waals surface area contributed by atoms with Gasteiger partial charge in [0.2, 0.25) is 5.91 Å². The Morgan fingerprint density at radius 2 is 1.65 bits per heavy atom. The molecule has 0 spiro atoms. The quantitative estimate of drug-likeness (QED) is 0.181. The zero-order valence-electron chi connectivity index (χ0n) is 30.2. The predicted molar refractivity (Wildman–Crippen MR) is 188 cm³/mol. The molecule has 3 aliphatic heterocycles. The topological polar surface area (TPSA) is 262 Å². The van der Waals surface area contributed by atoms with Crippen LogP contribution >= 0.6 is 0 Å². The van der Waals surface area contributed by atoms with Gasteiger partial charge >= 0.3 is 5.97 Å². The number of esters is 1. The van der Waals surface area contributed by atoms with Crippen molar-refractivity contribution in [2.45, 2.75) is 152 Å². The van der Waals surface area contributed by atoms with Crippen LogP contribution in [0, 0.1) is 11.8 Å². The molecule has 0 saturated carbocycles. The Hall–Kier alpha value is -2.83. The van der Waals surface area contributed by atoms with Crippen molar-refractivity contribution in [2.75, 3.05) is 0 Å². The summed E-state index contributed by atoms with van der Waals surface area (Å²) < 4.78 is 23.3. The number of allylic oxidation sites excluding steroid dienone is 6. The third-order valence-electron chi connectivity index (χ3n) is 9.71. The Kier molecular flexibility index (Phi) is 17.2. The minimum Gasteiger partial charge on any atom is -0.462 e. The summed E-state index contributed by atoms with van der Waals surface area (Å²) in [7, 11) is 0. The summed E-state index contributed by atoms with van der Waals surface area (Å²) >= 11 is 0. The average Bonchev–Trinajstić information content (AvgIpc) is 3.04. The van der Waals surface area contributed by atoms with E-state index in [4.69, 9.17) is 30.4 Å². The van der Waals surface area contributed by atoms with E-state index < -0.39 is 103 Å². The van der Waals surface area contributed by atoms with E-state index in [0.717, 1.165) is 0 Å². The Morgan fingerprint density at radius 1 is 0.981 bits per heavy atom. The van der Waals surface area contributed by atoms with Gasteiger partial charge in [0.15, 0.2) is 12.1 Å². The molecule has 0 aromatic rings. The highest BCUT2D eigenvalue weighted by Gasteiger charge is 2.50. The molecular weight excluding hydrogens is 680 g/mol. The molecule has 15 nitrogen and oxygen atoms in total. The lowest BCUT2D eigenvalue weighted by atomic mass is 9.82. The number of rotatable bonds is 4. The number of nitrogens with two attached hydrogens (primary N) is 2. The zero-order chi connectivity index (χ0) is 38.6. The van der Waals surface area contributed by atoms with Crippen LogP contribution in [-0.4, -0.2) is 121 Å². The lowest BCUT2D eigenvalue weighted by Gasteiger charge is -2.45. The summed E-state index contributed by atoms with van der Waals surface area (Å²) in [5.41, 5.74) is 11.7. The first kappa shape index (κ1) is 43.6. The third-order valence-corrected chi connectivity index (χ3v) is 9.71. The van der Waals surface area contributed by atoms with E-state index in [1.54, 1.807) is 63.3 Å². The van der Waals surface area contributed by atoms with Crippen LogP contribution in [0.3, 0.4) is 0 Å². The fourth-order valence-electron chi connectivity index (χ4n) is 6.77. The van der Waals surface area contributed by atoms with Crippen molar-refractivity contribution in [2.24, 2.45) is 23.3 Å². The molecule has 1 amide bonds. The van der Waals surface area contributed by atoms with Gasteiger partial charge in [0.05, 0.1) is 60.6 Å². The SMILES string of the molecule is CC[C@H]1C(=O)O[C@H](C)C/C=C/C=C/C=C/C=C/[C@H](O[C@@H]2O[C@H](C)[C@@H](O)[C@H](N)[C@@H]2O)CC2O[C@](O)(C[C@@H](O)CCCC(=O)C[C@@H]1O)C[C@H](O)[C@H]2C(N)=O. The maximum absolute atomic E-state index is 12.8. The molecule has 15 heteroatoms. The Bertz CT molecular complexity index is 1290. The van der Waals surface area contributed by atoms with Gasteiger partial charge in [0.1, 0.15) is 18.0 Å². The van der Waals surface area contributed by atoms with Gasteiger partial charge in [-0.05, 0) is 33.1 Å². The van der Waals surface area contributed by atoms with Crippen molar-refractivity contribution in [1.82, 2.24) is 0 Å². The number of fused-ring (bicyclic) bond motifs is 2. The van der Waals surface area contributed by atoms with Gasteiger partial charge in [-0.2, -0.15) is 0 Å². The highest BCUT2D eigenvalue weighted by atomic mass is 16.7. The number of ether oxygens (including phenoxy) is 4. The minimum atomic E-state index is -2.10. The van der Waals surface area contributed by atoms with Gasteiger partial charge in [-0.3, -0.25) is 14.4 Å². The molecule has 52 heavy (non-hydrogen) atoms. The van der Waals surface area contributed by atoms with E-state index in [-0.39, 0.29) is 50.7 Å². The first-order valence-corrected chi connectivity index (χ1v) is 18.1. The highest BCUT2D eigenvalue weighted by molar-refractivity contribution is 5.80. The third kappa shape index (κ3) is 12.9. The maximum Gasteiger partial charge on any atom is 0.311 e. The first-order chi connectivity index (χ1) is 24.5. The van der Waals surface area contributed by atoms with Crippen molar-refractivity contribution < 1.29 is 64.0 Å². The number of aliphatic hydroxyl groups is 6. The minimum absolute atomic E-state index is 0.00318. The number of hydrogen-bond acceptors (Lipinski definition) is 14. The molecule has 2 saturated heterocycles. The van der Waals surface area contributed by atoms with Crippen LogP contribution in [0.15, 0.2) is 48.6 Å². The van der Waals surface area contributed by atoms with Crippen molar-refractivity contribution >= 4 is 17.7 Å². The standard InChI is InChI=1S/C37H58N2O13/c1-4-26-27(42)17-23(40)14-12-15-24(41)19-37(48)20-28(43)30(34(39)46)29(52-37)18-25(51-36-33(45)31(38)32(44)22(3)50-36)16-11-9-7-5-6-8-10-13-21(2)49-35(26)47/h5-11,16,21-22,24-33,36,41-45,48H,4,12-15,17-20,38H2,1-3H3,(H2,39,46)/b6-5+,9-7+,10-8+,16-11+/t21-,22-,24+,25+,26-,27+,28+,29?,30-,31+,32-,33+,36+,37-/m1/s1. The van der Waals surface area contributed by atoms with E-state index in [1.807, 2.05) is 6.08 Å². The Labute approximate surface area is 304 Å². The molecule has 3 aliphatic rings. The summed E-state index contributed by atoms with van der Waals surface area (Å²) in [6.45, 7) is 5.03. The molecule has 1 unspecified atom stereocenters. The number of primary amides is 1. The Morgan fingerprint density at radius 3 is 2.33 bits per heavy atom. The summed E-state index contributed by atoms with van der Waals surface area (Å²) in [5.74, 6) is -6.04.